The minimum atomic E-state index is -1.09. The van der Waals surface area contributed by atoms with Crippen molar-refractivity contribution < 1.29 is 15.0 Å². The second kappa shape index (κ2) is 5.80. The summed E-state index contributed by atoms with van der Waals surface area (Å²) in [4.78, 5) is 11.5. The number of rotatable bonds is 6. The number of benzene rings is 1. The Morgan fingerprint density at radius 1 is 1.35 bits per heavy atom. The number of carbonyl (C=O) groups is 1. The minimum Gasteiger partial charge on any atom is -0.481 e. The summed E-state index contributed by atoms with van der Waals surface area (Å²) < 4.78 is 0. The summed E-state index contributed by atoms with van der Waals surface area (Å²) in [6, 6.07) is 7.35. The van der Waals surface area contributed by atoms with E-state index in [1.165, 1.54) is 0 Å². The van der Waals surface area contributed by atoms with Gasteiger partial charge in [-0.05, 0) is 25.3 Å². The Kier molecular flexibility index (Phi) is 4.66. The second-order valence-corrected chi connectivity index (χ2v) is 4.28. The summed E-state index contributed by atoms with van der Waals surface area (Å²) in [5.74, 6) is -0.933. The molecule has 1 atom stereocenters. The van der Waals surface area contributed by atoms with Crippen LogP contribution < -0.4 is 5.73 Å². The van der Waals surface area contributed by atoms with Gasteiger partial charge in [-0.1, -0.05) is 29.8 Å². The molecular weight excluding hydrogens is 218 g/mol. The highest BCUT2D eigenvalue weighted by Crippen LogP contribution is 2.29. The third kappa shape index (κ3) is 2.84. The van der Waals surface area contributed by atoms with Crippen LogP contribution in [0.4, 0.5) is 0 Å². The normalized spacial score (nSPS) is 14.3. The molecular formula is C13H19NO3. The van der Waals surface area contributed by atoms with Crippen LogP contribution in [0.1, 0.15) is 24.0 Å². The molecule has 0 fully saturated rings. The summed E-state index contributed by atoms with van der Waals surface area (Å²) in [6.45, 7) is 1.95. The van der Waals surface area contributed by atoms with Gasteiger partial charge in [-0.15, -0.1) is 0 Å². The molecule has 1 unspecified atom stereocenters. The maximum atomic E-state index is 11.5. The maximum absolute atomic E-state index is 11.5. The van der Waals surface area contributed by atoms with Gasteiger partial charge in [-0.3, -0.25) is 4.79 Å². The number of nitrogens with two attached hydrogens (primary N) is 1. The predicted molar refractivity (Wildman–Crippen MR) is 65.9 cm³/mol. The summed E-state index contributed by atoms with van der Waals surface area (Å²) in [6.07, 6.45) is 0.774. The van der Waals surface area contributed by atoms with Crippen LogP contribution >= 0.6 is 0 Å². The van der Waals surface area contributed by atoms with Crippen molar-refractivity contribution in [2.24, 2.45) is 5.73 Å². The first-order valence-corrected chi connectivity index (χ1v) is 5.68. The Bertz CT molecular complexity index is 375. The van der Waals surface area contributed by atoms with Gasteiger partial charge in [0.2, 0.25) is 0 Å². The van der Waals surface area contributed by atoms with Gasteiger partial charge in [-0.25, -0.2) is 0 Å². The fourth-order valence-electron chi connectivity index (χ4n) is 1.94. The first-order valence-electron chi connectivity index (χ1n) is 5.68. The molecule has 4 heteroatoms. The molecule has 94 valence electrons. The van der Waals surface area contributed by atoms with E-state index in [4.69, 9.17) is 10.8 Å². The van der Waals surface area contributed by atoms with Gasteiger partial charge in [0.05, 0.1) is 0 Å². The van der Waals surface area contributed by atoms with E-state index in [0.717, 1.165) is 5.56 Å². The molecule has 0 spiro atoms. The van der Waals surface area contributed by atoms with E-state index in [-0.39, 0.29) is 13.2 Å². The quantitative estimate of drug-likeness (QED) is 0.690. The molecule has 0 bridgehead atoms. The van der Waals surface area contributed by atoms with Crippen molar-refractivity contribution in [3.8, 4) is 0 Å². The highest BCUT2D eigenvalue weighted by atomic mass is 16.4. The highest BCUT2D eigenvalue weighted by molar-refractivity contribution is 5.81. The molecule has 0 radical (unpaired) electrons. The number of aliphatic carboxylic acids is 1. The predicted octanol–water partition coefficient (Wildman–Crippen LogP) is 1.05. The van der Waals surface area contributed by atoms with Crippen molar-refractivity contribution in [1.82, 2.24) is 0 Å². The van der Waals surface area contributed by atoms with Crippen LogP contribution in [0, 0.1) is 6.92 Å². The van der Waals surface area contributed by atoms with Crippen LogP contribution in [0.3, 0.4) is 0 Å². The number of hydrogen-bond donors (Lipinski definition) is 3. The Morgan fingerprint density at radius 2 is 1.94 bits per heavy atom. The van der Waals surface area contributed by atoms with Gasteiger partial charge >= 0.3 is 5.97 Å². The van der Waals surface area contributed by atoms with Crippen LogP contribution in [-0.2, 0) is 10.2 Å². The fourth-order valence-corrected chi connectivity index (χ4v) is 1.94. The summed E-state index contributed by atoms with van der Waals surface area (Å²) in [5.41, 5.74) is 6.35. The third-order valence-electron chi connectivity index (χ3n) is 3.12. The topological polar surface area (TPSA) is 83.5 Å². The molecule has 1 aromatic carbocycles. The molecule has 0 aliphatic heterocycles. The van der Waals surface area contributed by atoms with Crippen molar-refractivity contribution >= 4 is 5.97 Å². The van der Waals surface area contributed by atoms with E-state index in [2.05, 4.69) is 0 Å². The van der Waals surface area contributed by atoms with E-state index in [9.17, 15) is 9.90 Å². The lowest BCUT2D eigenvalue weighted by molar-refractivity contribution is -0.143. The van der Waals surface area contributed by atoms with Gasteiger partial charge in [0.15, 0.2) is 0 Å². The molecule has 0 saturated heterocycles. The smallest absolute Gasteiger partial charge is 0.315 e. The van der Waals surface area contributed by atoms with Crippen molar-refractivity contribution in [2.45, 2.75) is 25.2 Å². The van der Waals surface area contributed by atoms with Crippen LogP contribution in [0.15, 0.2) is 24.3 Å². The minimum absolute atomic E-state index is 0.0269. The average Bonchev–Trinajstić information content (AvgIpc) is 2.32. The number of aryl methyl sites for hydroxylation is 1. The van der Waals surface area contributed by atoms with Gasteiger partial charge in [0.1, 0.15) is 5.41 Å². The molecule has 0 amide bonds. The lowest BCUT2D eigenvalue weighted by Crippen LogP contribution is -2.43. The van der Waals surface area contributed by atoms with E-state index >= 15 is 0 Å². The molecule has 0 aromatic heterocycles. The van der Waals surface area contributed by atoms with Crippen molar-refractivity contribution in [1.29, 1.82) is 0 Å². The van der Waals surface area contributed by atoms with Crippen molar-refractivity contribution in [3.05, 3.63) is 35.4 Å². The largest absolute Gasteiger partial charge is 0.481 e. The molecule has 0 saturated carbocycles. The Labute approximate surface area is 101 Å². The highest BCUT2D eigenvalue weighted by Gasteiger charge is 2.38. The zero-order valence-corrected chi connectivity index (χ0v) is 10.0. The maximum Gasteiger partial charge on any atom is 0.315 e. The number of aliphatic hydroxyl groups is 1. The molecule has 1 rings (SSSR count). The zero-order chi connectivity index (χ0) is 12.9. The number of carboxylic acid groups (broad SMARTS) is 1. The monoisotopic (exact) mass is 237 g/mol. The van der Waals surface area contributed by atoms with E-state index in [0.29, 0.717) is 18.4 Å². The van der Waals surface area contributed by atoms with E-state index in [1.807, 2.05) is 19.1 Å². The van der Waals surface area contributed by atoms with E-state index in [1.54, 1.807) is 12.1 Å². The van der Waals surface area contributed by atoms with Crippen LogP contribution in [0.2, 0.25) is 0 Å². The second-order valence-electron chi connectivity index (χ2n) is 4.28. The third-order valence-corrected chi connectivity index (χ3v) is 3.12. The Hall–Kier alpha value is -1.39. The van der Waals surface area contributed by atoms with Crippen LogP contribution in [0.5, 0.6) is 0 Å². The van der Waals surface area contributed by atoms with Crippen LogP contribution in [0.25, 0.3) is 0 Å². The molecule has 1 aromatic rings. The molecule has 0 aliphatic rings. The van der Waals surface area contributed by atoms with Gasteiger partial charge < -0.3 is 15.9 Å². The summed E-state index contributed by atoms with van der Waals surface area (Å²) in [5, 5.41) is 18.3. The van der Waals surface area contributed by atoms with E-state index < -0.39 is 11.4 Å². The lowest BCUT2D eigenvalue weighted by atomic mass is 9.76. The van der Waals surface area contributed by atoms with Gasteiger partial charge in [-0.2, -0.15) is 0 Å². The standard InChI is InChI=1S/C13H19NO3/c1-10-3-5-11(6-4-10)13(9-14,12(16)17)7-2-8-15/h3-6,15H,2,7-9,14H2,1H3,(H,16,17). The zero-order valence-electron chi connectivity index (χ0n) is 10.0. The first kappa shape index (κ1) is 13.7. The number of aliphatic hydroxyl groups excluding tert-OH is 1. The average molecular weight is 237 g/mol. The van der Waals surface area contributed by atoms with Crippen molar-refractivity contribution in [2.75, 3.05) is 13.2 Å². The van der Waals surface area contributed by atoms with Crippen LogP contribution in [-0.4, -0.2) is 29.3 Å². The lowest BCUT2D eigenvalue weighted by Gasteiger charge is -2.28. The molecule has 4 N–H and O–H groups in total. The number of hydrogen-bond acceptors (Lipinski definition) is 3. The molecule has 4 nitrogen and oxygen atoms in total. The first-order chi connectivity index (χ1) is 8.06. The molecule has 0 heterocycles. The number of carboxylic acids is 1. The fraction of sp³-hybridized carbons (Fsp3) is 0.462. The SMILES string of the molecule is Cc1ccc(C(CN)(CCCO)C(=O)O)cc1. The molecule has 17 heavy (non-hydrogen) atoms. The van der Waals surface area contributed by atoms with Gasteiger partial charge in [0, 0.05) is 13.2 Å². The molecule has 0 aliphatic carbocycles. The van der Waals surface area contributed by atoms with Crippen molar-refractivity contribution in [3.63, 3.8) is 0 Å². The Balaban J connectivity index is 3.12. The summed E-state index contributed by atoms with van der Waals surface area (Å²) >= 11 is 0. The summed E-state index contributed by atoms with van der Waals surface area (Å²) in [7, 11) is 0. The van der Waals surface area contributed by atoms with Gasteiger partial charge in [0.25, 0.3) is 0 Å². The Morgan fingerprint density at radius 3 is 2.35 bits per heavy atom.